The smallest absolute Gasteiger partial charge is 0.255 e. The van der Waals surface area contributed by atoms with E-state index in [-0.39, 0.29) is 27.3 Å². The number of rotatable bonds is 6. The van der Waals surface area contributed by atoms with Crippen molar-refractivity contribution in [1.82, 2.24) is 0 Å². The number of anilines is 2. The number of benzene rings is 2. The first-order valence-electron chi connectivity index (χ1n) is 8.27. The van der Waals surface area contributed by atoms with Crippen molar-refractivity contribution >= 4 is 44.6 Å². The van der Waals surface area contributed by atoms with E-state index < -0.39 is 15.7 Å². The predicted octanol–water partition coefficient (Wildman–Crippen LogP) is 3.98. The number of carbonyl (C=O) groups excluding carboxylic acids is 2. The number of halogens is 1. The molecule has 0 aromatic heterocycles. The molecule has 0 heterocycles. The highest BCUT2D eigenvalue weighted by Gasteiger charge is 2.13. The van der Waals surface area contributed by atoms with Crippen molar-refractivity contribution in [1.29, 1.82) is 0 Å². The molecule has 2 amide bonds. The van der Waals surface area contributed by atoms with E-state index in [0.717, 1.165) is 6.26 Å². The molecule has 2 aromatic carbocycles. The molecule has 0 aliphatic heterocycles. The van der Waals surface area contributed by atoms with Gasteiger partial charge in [0.05, 0.1) is 15.6 Å². The zero-order chi connectivity index (χ0) is 20.2. The second-order valence-corrected chi connectivity index (χ2v) is 9.02. The molecule has 0 unspecified atom stereocenters. The first kappa shape index (κ1) is 20.9. The summed E-state index contributed by atoms with van der Waals surface area (Å²) in [6.45, 7) is 3.90. The lowest BCUT2D eigenvalue weighted by Crippen LogP contribution is -2.15. The maximum atomic E-state index is 12.4. The van der Waals surface area contributed by atoms with Crippen LogP contribution in [0.1, 0.15) is 30.6 Å². The lowest BCUT2D eigenvalue weighted by molar-refractivity contribution is -0.116. The molecule has 0 radical (unpaired) electrons. The molecule has 2 N–H and O–H groups in total. The van der Waals surface area contributed by atoms with Crippen LogP contribution in [0.4, 0.5) is 11.4 Å². The van der Waals surface area contributed by atoms with Crippen LogP contribution in [0.3, 0.4) is 0 Å². The summed E-state index contributed by atoms with van der Waals surface area (Å²) in [5.41, 5.74) is 1.08. The first-order chi connectivity index (χ1) is 12.6. The third-order valence-corrected chi connectivity index (χ3v) is 5.04. The lowest BCUT2D eigenvalue weighted by Gasteiger charge is -2.11. The van der Waals surface area contributed by atoms with E-state index in [1.807, 2.05) is 13.8 Å². The standard InChI is InChI=1S/C19H21ClN2O4S/c1-12(2)9-18(23)21-14-7-8-17(16(20)11-14)22-19(24)13-5-4-6-15(10-13)27(3,25)26/h4-8,10-12H,9H2,1-3H3,(H,21,23)(H,22,24). The fourth-order valence-corrected chi connectivity index (χ4v) is 3.23. The van der Waals surface area contributed by atoms with Crippen LogP contribution in [0.15, 0.2) is 47.4 Å². The molecule has 0 bridgehead atoms. The van der Waals surface area contributed by atoms with Gasteiger partial charge in [-0.3, -0.25) is 9.59 Å². The number of nitrogens with one attached hydrogen (secondary N) is 2. The van der Waals surface area contributed by atoms with Crippen molar-refractivity contribution in [2.75, 3.05) is 16.9 Å². The highest BCUT2D eigenvalue weighted by atomic mass is 35.5. The van der Waals surface area contributed by atoms with Crippen molar-refractivity contribution in [2.45, 2.75) is 25.2 Å². The van der Waals surface area contributed by atoms with Crippen molar-refractivity contribution in [3.63, 3.8) is 0 Å². The van der Waals surface area contributed by atoms with Gasteiger partial charge >= 0.3 is 0 Å². The molecule has 0 saturated carbocycles. The number of hydrogen-bond acceptors (Lipinski definition) is 4. The molecular weight excluding hydrogens is 388 g/mol. The molecule has 27 heavy (non-hydrogen) atoms. The maximum Gasteiger partial charge on any atom is 0.255 e. The molecule has 8 heteroatoms. The molecule has 2 aromatic rings. The van der Waals surface area contributed by atoms with Crippen LogP contribution in [0.2, 0.25) is 5.02 Å². The summed E-state index contributed by atoms with van der Waals surface area (Å²) in [7, 11) is -3.41. The van der Waals surface area contributed by atoms with E-state index in [0.29, 0.717) is 17.8 Å². The summed E-state index contributed by atoms with van der Waals surface area (Å²) in [5, 5.41) is 5.64. The highest BCUT2D eigenvalue weighted by Crippen LogP contribution is 2.26. The predicted molar refractivity (Wildman–Crippen MR) is 107 cm³/mol. The Hall–Kier alpha value is -2.38. The Bertz CT molecular complexity index is 971. The van der Waals surface area contributed by atoms with E-state index in [4.69, 9.17) is 11.6 Å². The monoisotopic (exact) mass is 408 g/mol. The third kappa shape index (κ3) is 6.08. The van der Waals surface area contributed by atoms with Crippen LogP contribution in [0.5, 0.6) is 0 Å². The maximum absolute atomic E-state index is 12.4. The van der Waals surface area contributed by atoms with E-state index in [2.05, 4.69) is 10.6 Å². The van der Waals surface area contributed by atoms with Crippen molar-refractivity contribution < 1.29 is 18.0 Å². The molecule has 6 nitrogen and oxygen atoms in total. The average Bonchev–Trinajstić information content (AvgIpc) is 2.55. The largest absolute Gasteiger partial charge is 0.326 e. The molecule has 0 aliphatic carbocycles. The Morgan fingerprint density at radius 2 is 1.78 bits per heavy atom. The van der Waals surface area contributed by atoms with E-state index in [1.165, 1.54) is 24.3 Å². The molecule has 0 atom stereocenters. The molecular formula is C19H21ClN2O4S. The summed E-state index contributed by atoms with van der Waals surface area (Å²) in [6, 6.07) is 10.5. The topological polar surface area (TPSA) is 92.3 Å². The van der Waals surface area contributed by atoms with Crippen LogP contribution in [0, 0.1) is 5.92 Å². The fourth-order valence-electron chi connectivity index (χ4n) is 2.34. The number of carbonyl (C=O) groups is 2. The van der Waals surface area contributed by atoms with Crippen LogP contribution in [-0.4, -0.2) is 26.5 Å². The second kappa shape index (κ2) is 8.54. The Morgan fingerprint density at radius 1 is 1.07 bits per heavy atom. The van der Waals surface area contributed by atoms with Gasteiger partial charge in [0.25, 0.3) is 5.91 Å². The molecule has 0 saturated heterocycles. The summed E-state index contributed by atoms with van der Waals surface area (Å²) >= 11 is 6.19. The Labute approximate surface area is 163 Å². The van der Waals surface area contributed by atoms with Gasteiger partial charge in [0.2, 0.25) is 5.91 Å². The molecule has 2 rings (SSSR count). The third-order valence-electron chi connectivity index (χ3n) is 3.62. The molecule has 0 spiro atoms. The minimum atomic E-state index is -3.41. The van der Waals surface area contributed by atoms with Crippen LogP contribution >= 0.6 is 11.6 Å². The summed E-state index contributed by atoms with van der Waals surface area (Å²) in [5.74, 6) is -0.365. The zero-order valence-corrected chi connectivity index (χ0v) is 16.8. The fraction of sp³-hybridized carbons (Fsp3) is 0.263. The molecule has 144 valence electrons. The normalized spacial score (nSPS) is 11.3. The van der Waals surface area contributed by atoms with Gasteiger partial charge in [-0.1, -0.05) is 31.5 Å². The van der Waals surface area contributed by atoms with Crippen LogP contribution in [-0.2, 0) is 14.6 Å². The van der Waals surface area contributed by atoms with E-state index in [9.17, 15) is 18.0 Å². The van der Waals surface area contributed by atoms with Crippen molar-refractivity contribution in [2.24, 2.45) is 5.92 Å². The van der Waals surface area contributed by atoms with Gasteiger partial charge in [-0.05, 0) is 42.3 Å². The number of hydrogen-bond donors (Lipinski definition) is 2. The Kier molecular flexibility index (Phi) is 6.62. The van der Waals surface area contributed by atoms with Gasteiger partial charge in [-0.25, -0.2) is 8.42 Å². The summed E-state index contributed by atoms with van der Waals surface area (Å²) in [6.07, 6.45) is 1.47. The van der Waals surface area contributed by atoms with Crippen molar-refractivity contribution in [3.05, 3.63) is 53.1 Å². The van der Waals surface area contributed by atoms with Gasteiger partial charge < -0.3 is 10.6 Å². The van der Waals surface area contributed by atoms with E-state index in [1.54, 1.807) is 18.2 Å². The molecule has 0 aliphatic rings. The summed E-state index contributed by atoms with van der Waals surface area (Å²) in [4.78, 5) is 24.3. The highest BCUT2D eigenvalue weighted by molar-refractivity contribution is 7.90. The van der Waals surface area contributed by atoms with Gasteiger partial charge in [-0.2, -0.15) is 0 Å². The SMILES string of the molecule is CC(C)CC(=O)Nc1ccc(NC(=O)c2cccc(S(C)(=O)=O)c2)c(Cl)c1. The van der Waals surface area contributed by atoms with Crippen molar-refractivity contribution in [3.8, 4) is 0 Å². The van der Waals surface area contributed by atoms with Gasteiger partial charge in [-0.15, -0.1) is 0 Å². The van der Waals surface area contributed by atoms with Gasteiger partial charge in [0.1, 0.15) is 0 Å². The lowest BCUT2D eigenvalue weighted by atomic mass is 10.1. The molecule has 0 fully saturated rings. The summed E-state index contributed by atoms with van der Waals surface area (Å²) < 4.78 is 23.3. The Balaban J connectivity index is 2.14. The second-order valence-electron chi connectivity index (χ2n) is 6.59. The van der Waals surface area contributed by atoms with Crippen LogP contribution in [0.25, 0.3) is 0 Å². The minimum absolute atomic E-state index is 0.0597. The quantitative estimate of drug-likeness (QED) is 0.756. The number of amides is 2. The van der Waals surface area contributed by atoms with E-state index >= 15 is 0 Å². The Morgan fingerprint density at radius 3 is 2.37 bits per heavy atom. The van der Waals surface area contributed by atoms with Gasteiger partial charge in [0, 0.05) is 23.9 Å². The minimum Gasteiger partial charge on any atom is -0.326 e. The first-order valence-corrected chi connectivity index (χ1v) is 10.5. The zero-order valence-electron chi connectivity index (χ0n) is 15.2. The van der Waals surface area contributed by atoms with Crippen LogP contribution < -0.4 is 10.6 Å². The number of sulfone groups is 1. The average molecular weight is 409 g/mol. The van der Waals surface area contributed by atoms with Gasteiger partial charge in [0.15, 0.2) is 9.84 Å².